The second kappa shape index (κ2) is 11.9. The largest absolute Gasteiger partial charge is 0.447 e. The first kappa shape index (κ1) is 26.8. The van der Waals surface area contributed by atoms with Gasteiger partial charge in [0.15, 0.2) is 0 Å². The van der Waals surface area contributed by atoms with Gasteiger partial charge in [-0.1, -0.05) is 6.07 Å². The zero-order chi connectivity index (χ0) is 26.4. The van der Waals surface area contributed by atoms with Gasteiger partial charge in [0.1, 0.15) is 23.3 Å². The molecule has 0 unspecified atom stereocenters. The smallest absolute Gasteiger partial charge is 0.409 e. The summed E-state index contributed by atoms with van der Waals surface area (Å²) in [5, 5.41) is 9.19. The number of rotatable bonds is 8. The molecule has 2 aromatic rings. The number of nitrogens with zero attached hydrogens (tertiary/aromatic N) is 3. The zero-order valence-corrected chi connectivity index (χ0v) is 21.3. The Balaban J connectivity index is 1.47. The van der Waals surface area contributed by atoms with E-state index in [1.54, 1.807) is 0 Å². The summed E-state index contributed by atoms with van der Waals surface area (Å²) in [5.74, 6) is -0.127. The van der Waals surface area contributed by atoms with Gasteiger partial charge in [-0.2, -0.15) is 4.31 Å². The second-order valence-electron chi connectivity index (χ2n) is 8.73. The molecule has 4 rings (SSSR count). The minimum Gasteiger partial charge on any atom is -0.447 e. The van der Waals surface area contributed by atoms with E-state index < -0.39 is 28.1 Å². The van der Waals surface area contributed by atoms with E-state index in [4.69, 9.17) is 14.2 Å². The number of benzene rings is 1. The number of amides is 2. The molecule has 0 spiro atoms. The Hall–Kier alpha value is -3.26. The van der Waals surface area contributed by atoms with Gasteiger partial charge in [-0.05, 0) is 55.0 Å². The number of ether oxygens (including phenoxy) is 3. The Morgan fingerprint density at radius 3 is 2.59 bits per heavy atom. The predicted molar refractivity (Wildman–Crippen MR) is 130 cm³/mol. The van der Waals surface area contributed by atoms with Crippen LogP contribution < -0.4 is 10.2 Å². The molecule has 0 bridgehead atoms. The third-order valence-electron chi connectivity index (χ3n) is 6.37. The summed E-state index contributed by atoms with van der Waals surface area (Å²) < 4.78 is 43.4. The Labute approximate surface area is 215 Å². The standard InChI is InChI=1S/C24H30N4O8S/c1-34-12-13-35-24(30)27-10-11-28(21(16-27)23(29)26-31)37(32,33)20-8-9-22(25-15-20)36-19-7-6-17-4-2-3-5-18(17)14-19/h6-9,14-15,21,31H,2-5,10-13,16H2,1H3,(H,26,29)/t21-/m0/s1. The first-order valence-electron chi connectivity index (χ1n) is 12.0. The summed E-state index contributed by atoms with van der Waals surface area (Å²) in [5.41, 5.74) is 4.04. The fourth-order valence-corrected chi connectivity index (χ4v) is 5.94. The van der Waals surface area contributed by atoms with Crippen LogP contribution >= 0.6 is 0 Å². The molecule has 2 amide bonds. The average Bonchev–Trinajstić information content (AvgIpc) is 2.92. The zero-order valence-electron chi connectivity index (χ0n) is 20.5. The van der Waals surface area contributed by atoms with Crippen LogP contribution in [0.2, 0.25) is 0 Å². The molecule has 1 atom stereocenters. The third-order valence-corrected chi connectivity index (χ3v) is 8.27. The Morgan fingerprint density at radius 1 is 1.11 bits per heavy atom. The van der Waals surface area contributed by atoms with Crippen LogP contribution in [0.4, 0.5) is 4.79 Å². The van der Waals surface area contributed by atoms with Gasteiger partial charge in [0.25, 0.3) is 5.91 Å². The number of sulfonamides is 1. The minimum absolute atomic E-state index is 0.00674. The molecule has 1 saturated heterocycles. The highest BCUT2D eigenvalue weighted by atomic mass is 32.2. The van der Waals surface area contributed by atoms with Crippen LogP contribution in [0.3, 0.4) is 0 Å². The van der Waals surface area contributed by atoms with Gasteiger partial charge in [-0.15, -0.1) is 0 Å². The molecular formula is C24H30N4O8S. The number of hydroxylamine groups is 1. The number of nitrogens with one attached hydrogen (secondary N) is 1. The van der Waals surface area contributed by atoms with E-state index in [1.807, 2.05) is 18.2 Å². The molecule has 0 saturated carbocycles. The lowest BCUT2D eigenvalue weighted by atomic mass is 9.92. The van der Waals surface area contributed by atoms with Gasteiger partial charge in [0.05, 0.1) is 12.8 Å². The second-order valence-corrected chi connectivity index (χ2v) is 10.6. The van der Waals surface area contributed by atoms with Crippen molar-refractivity contribution in [2.24, 2.45) is 0 Å². The highest BCUT2D eigenvalue weighted by molar-refractivity contribution is 7.89. The number of carbonyl (C=O) groups is 2. The number of methoxy groups -OCH3 is 1. The number of pyridine rings is 1. The van der Waals surface area contributed by atoms with E-state index in [9.17, 15) is 23.2 Å². The maximum atomic E-state index is 13.4. The van der Waals surface area contributed by atoms with Crippen molar-refractivity contribution >= 4 is 22.0 Å². The van der Waals surface area contributed by atoms with Crippen LogP contribution in [-0.2, 0) is 37.1 Å². The molecule has 200 valence electrons. The number of aryl methyl sites for hydroxylation is 2. The van der Waals surface area contributed by atoms with Crippen LogP contribution in [0, 0.1) is 0 Å². The molecule has 2 aliphatic rings. The average molecular weight is 535 g/mol. The Kier molecular flexibility index (Phi) is 8.59. The summed E-state index contributed by atoms with van der Waals surface area (Å²) in [6.07, 6.45) is 4.81. The summed E-state index contributed by atoms with van der Waals surface area (Å²) in [6, 6.07) is 7.31. The van der Waals surface area contributed by atoms with Crippen molar-refractivity contribution in [3.63, 3.8) is 0 Å². The van der Waals surface area contributed by atoms with Gasteiger partial charge in [-0.25, -0.2) is 23.7 Å². The van der Waals surface area contributed by atoms with E-state index in [-0.39, 0.29) is 43.6 Å². The van der Waals surface area contributed by atoms with Crippen molar-refractivity contribution in [3.05, 3.63) is 47.7 Å². The van der Waals surface area contributed by atoms with E-state index in [2.05, 4.69) is 4.98 Å². The van der Waals surface area contributed by atoms with Crippen molar-refractivity contribution in [2.45, 2.75) is 36.6 Å². The van der Waals surface area contributed by atoms with Crippen LogP contribution in [0.25, 0.3) is 0 Å². The number of hydrogen-bond donors (Lipinski definition) is 2. The normalized spacial score (nSPS) is 18.1. The predicted octanol–water partition coefficient (Wildman–Crippen LogP) is 1.72. The van der Waals surface area contributed by atoms with Crippen LogP contribution in [-0.4, -0.2) is 85.8 Å². The van der Waals surface area contributed by atoms with Gasteiger partial charge >= 0.3 is 6.09 Å². The summed E-state index contributed by atoms with van der Waals surface area (Å²) >= 11 is 0. The lowest BCUT2D eigenvalue weighted by Crippen LogP contribution is -2.61. The maximum absolute atomic E-state index is 13.4. The third kappa shape index (κ3) is 6.18. The summed E-state index contributed by atoms with van der Waals surface area (Å²) in [4.78, 5) is 29.8. The van der Waals surface area contributed by atoms with Crippen molar-refractivity contribution < 1.29 is 37.4 Å². The first-order valence-corrected chi connectivity index (χ1v) is 13.4. The summed E-state index contributed by atoms with van der Waals surface area (Å²) in [6.45, 7) is -0.291. The monoisotopic (exact) mass is 534 g/mol. The van der Waals surface area contributed by atoms with Crippen LogP contribution in [0.5, 0.6) is 11.6 Å². The molecule has 1 fully saturated rings. The van der Waals surface area contributed by atoms with E-state index in [0.29, 0.717) is 5.75 Å². The minimum atomic E-state index is -4.19. The number of carbonyl (C=O) groups excluding carboxylic acids is 2. The number of piperazine rings is 1. The van der Waals surface area contributed by atoms with Crippen molar-refractivity contribution in [2.75, 3.05) is 40.0 Å². The lowest BCUT2D eigenvalue weighted by Gasteiger charge is -2.38. The SMILES string of the molecule is COCCOC(=O)N1CCN(S(=O)(=O)c2ccc(Oc3ccc4c(c3)CCCC4)nc2)[C@H](C(=O)NO)C1. The Bertz CT molecular complexity index is 1220. The fourth-order valence-electron chi connectivity index (χ4n) is 4.42. The molecule has 37 heavy (non-hydrogen) atoms. The van der Waals surface area contributed by atoms with E-state index in [1.165, 1.54) is 47.2 Å². The lowest BCUT2D eigenvalue weighted by molar-refractivity contribution is -0.134. The van der Waals surface area contributed by atoms with Crippen LogP contribution in [0.15, 0.2) is 41.4 Å². The van der Waals surface area contributed by atoms with Gasteiger partial charge in [-0.3, -0.25) is 10.0 Å². The summed E-state index contributed by atoms with van der Waals surface area (Å²) in [7, 11) is -2.73. The van der Waals surface area contributed by atoms with Gasteiger partial charge < -0.3 is 19.1 Å². The number of hydrogen-bond acceptors (Lipinski definition) is 9. The molecule has 1 aliphatic heterocycles. The molecule has 2 heterocycles. The van der Waals surface area contributed by atoms with Crippen molar-refractivity contribution in [1.29, 1.82) is 0 Å². The van der Waals surface area contributed by atoms with Gasteiger partial charge in [0, 0.05) is 32.8 Å². The molecule has 13 heteroatoms. The van der Waals surface area contributed by atoms with Crippen molar-refractivity contribution in [3.8, 4) is 11.6 Å². The molecule has 1 aromatic carbocycles. The van der Waals surface area contributed by atoms with Crippen LogP contribution in [0.1, 0.15) is 24.0 Å². The molecule has 12 nitrogen and oxygen atoms in total. The first-order chi connectivity index (χ1) is 17.8. The quantitative estimate of drug-likeness (QED) is 0.293. The molecule has 1 aromatic heterocycles. The fraction of sp³-hybridized carbons (Fsp3) is 0.458. The number of fused-ring (bicyclic) bond motifs is 1. The van der Waals surface area contributed by atoms with E-state index in [0.717, 1.165) is 29.8 Å². The highest BCUT2D eigenvalue weighted by Gasteiger charge is 2.42. The molecule has 0 radical (unpaired) electrons. The maximum Gasteiger partial charge on any atom is 0.409 e. The van der Waals surface area contributed by atoms with E-state index >= 15 is 0 Å². The Morgan fingerprint density at radius 2 is 1.89 bits per heavy atom. The number of aromatic nitrogens is 1. The molecule has 1 aliphatic carbocycles. The van der Waals surface area contributed by atoms with Crippen molar-refractivity contribution in [1.82, 2.24) is 19.7 Å². The van der Waals surface area contributed by atoms with Gasteiger partial charge in [0.2, 0.25) is 15.9 Å². The molecule has 2 N–H and O–H groups in total. The topological polar surface area (TPSA) is 148 Å². The molecular weight excluding hydrogens is 504 g/mol. The highest BCUT2D eigenvalue weighted by Crippen LogP contribution is 2.29.